The van der Waals surface area contributed by atoms with Gasteiger partial charge in [-0.15, -0.1) is 0 Å². The number of benzene rings is 4. The van der Waals surface area contributed by atoms with Gasteiger partial charge in [-0.3, -0.25) is 0 Å². The molecule has 0 fully saturated rings. The summed E-state index contributed by atoms with van der Waals surface area (Å²) in [5.41, 5.74) is 3.51. The Bertz CT molecular complexity index is 1670. The second-order valence-corrected chi connectivity index (χ2v) is 8.20. The van der Waals surface area contributed by atoms with E-state index in [1.54, 1.807) is 0 Å². The summed E-state index contributed by atoms with van der Waals surface area (Å²) in [4.78, 5) is 18.2. The molecule has 4 aromatic carbocycles. The number of nitrogens with zero attached hydrogens (tertiary/aromatic N) is 1. The Morgan fingerprint density at radius 2 is 1.47 bits per heavy atom. The van der Waals surface area contributed by atoms with Gasteiger partial charge < -0.3 is 4.42 Å². The van der Waals surface area contributed by atoms with Crippen molar-refractivity contribution in [2.75, 3.05) is 0 Å². The predicted octanol–water partition coefficient (Wildman–Crippen LogP) is 7.08. The summed E-state index contributed by atoms with van der Waals surface area (Å²) in [6, 6.07) is 27.9. The number of halogens is 1. The molecule has 142 valence electrons. The van der Waals surface area contributed by atoms with Crippen LogP contribution in [0.25, 0.3) is 54.7 Å². The van der Waals surface area contributed by atoms with Crippen molar-refractivity contribution in [2.45, 2.75) is 0 Å². The van der Waals surface area contributed by atoms with Gasteiger partial charge in [-0.05, 0) is 46.7 Å². The van der Waals surface area contributed by atoms with E-state index in [9.17, 15) is 4.79 Å². The first-order chi connectivity index (χ1) is 14.7. The largest absolute Gasteiger partial charge is 0.422 e. The highest BCUT2D eigenvalue weighted by molar-refractivity contribution is 9.10. The van der Waals surface area contributed by atoms with Gasteiger partial charge in [0.1, 0.15) is 5.58 Å². The normalized spacial score (nSPS) is 11.6. The second kappa shape index (κ2) is 6.51. The lowest BCUT2D eigenvalue weighted by Gasteiger charge is -2.14. The molecule has 4 heteroatoms. The molecule has 2 heterocycles. The lowest BCUT2D eigenvalue weighted by molar-refractivity contribution is 0.569. The van der Waals surface area contributed by atoms with E-state index in [1.165, 1.54) is 0 Å². The Morgan fingerprint density at radius 3 is 2.30 bits per heavy atom. The molecule has 0 unspecified atom stereocenters. The fraction of sp³-hybridized carbons (Fsp3) is 0. The number of pyridine rings is 1. The third-order valence-electron chi connectivity index (χ3n) is 5.56. The van der Waals surface area contributed by atoms with Crippen LogP contribution in [0.5, 0.6) is 0 Å². The topological polar surface area (TPSA) is 43.1 Å². The van der Waals surface area contributed by atoms with E-state index in [-0.39, 0.29) is 5.63 Å². The standard InChI is InChI=1S/C26H14BrNO2/c27-17-12-9-16(10-13-17)22-23-18-6-2-1-5-15(18)11-14-20(23)28-25-19-7-3-4-8-21(19)30-26(29)24(22)25/h1-14H. The summed E-state index contributed by atoms with van der Waals surface area (Å²) in [7, 11) is 0. The first kappa shape index (κ1) is 17.4. The Morgan fingerprint density at radius 1 is 0.733 bits per heavy atom. The van der Waals surface area contributed by atoms with Crippen LogP contribution >= 0.6 is 15.9 Å². The van der Waals surface area contributed by atoms with Gasteiger partial charge in [0.25, 0.3) is 0 Å². The number of fused-ring (bicyclic) bond motifs is 6. The minimum atomic E-state index is -0.371. The molecule has 3 nitrogen and oxygen atoms in total. The SMILES string of the molecule is O=c1oc2ccccc2c2nc3ccc4ccccc4c3c(-c3ccc(Br)cc3)c12. The molecule has 2 aromatic heterocycles. The van der Waals surface area contributed by atoms with Gasteiger partial charge in [-0.2, -0.15) is 0 Å². The lowest BCUT2D eigenvalue weighted by atomic mass is 9.93. The molecule has 0 N–H and O–H groups in total. The van der Waals surface area contributed by atoms with Gasteiger partial charge in [0, 0.05) is 20.8 Å². The van der Waals surface area contributed by atoms with Crippen molar-refractivity contribution in [1.29, 1.82) is 0 Å². The minimum Gasteiger partial charge on any atom is -0.422 e. The highest BCUT2D eigenvalue weighted by Crippen LogP contribution is 2.39. The average molecular weight is 452 g/mol. The van der Waals surface area contributed by atoms with Crippen LogP contribution in [0.3, 0.4) is 0 Å². The van der Waals surface area contributed by atoms with Crippen LogP contribution in [0, 0.1) is 0 Å². The number of hydrogen-bond donors (Lipinski definition) is 0. The predicted molar refractivity (Wildman–Crippen MR) is 126 cm³/mol. The zero-order valence-corrected chi connectivity index (χ0v) is 17.3. The number of para-hydroxylation sites is 1. The molecular weight excluding hydrogens is 438 g/mol. The molecule has 0 aliphatic carbocycles. The molecule has 6 aromatic rings. The van der Waals surface area contributed by atoms with Crippen LogP contribution in [-0.4, -0.2) is 4.98 Å². The summed E-state index contributed by atoms with van der Waals surface area (Å²) >= 11 is 3.51. The van der Waals surface area contributed by atoms with Crippen molar-refractivity contribution in [3.05, 3.63) is 99.8 Å². The third-order valence-corrected chi connectivity index (χ3v) is 6.09. The maximum absolute atomic E-state index is 13.2. The van der Waals surface area contributed by atoms with Gasteiger partial charge in [0.05, 0.1) is 16.4 Å². The zero-order valence-electron chi connectivity index (χ0n) is 15.7. The van der Waals surface area contributed by atoms with Crippen LogP contribution in [0.4, 0.5) is 0 Å². The molecule has 0 aliphatic heterocycles. The Balaban J connectivity index is 1.95. The Kier molecular flexibility index (Phi) is 3.77. The summed E-state index contributed by atoms with van der Waals surface area (Å²) < 4.78 is 6.70. The van der Waals surface area contributed by atoms with Crippen molar-refractivity contribution in [3.63, 3.8) is 0 Å². The molecular formula is C26H14BrNO2. The molecule has 0 aliphatic rings. The maximum atomic E-state index is 13.2. The first-order valence-corrected chi connectivity index (χ1v) is 10.4. The smallest absolute Gasteiger partial charge is 0.346 e. The first-order valence-electron chi connectivity index (χ1n) is 9.64. The highest BCUT2D eigenvalue weighted by atomic mass is 79.9. The molecule has 0 atom stereocenters. The van der Waals surface area contributed by atoms with Crippen molar-refractivity contribution in [1.82, 2.24) is 4.98 Å². The van der Waals surface area contributed by atoms with Gasteiger partial charge in [0.15, 0.2) is 0 Å². The van der Waals surface area contributed by atoms with E-state index >= 15 is 0 Å². The van der Waals surface area contributed by atoms with Crippen LogP contribution in [0.2, 0.25) is 0 Å². The van der Waals surface area contributed by atoms with E-state index in [0.29, 0.717) is 16.5 Å². The van der Waals surface area contributed by atoms with Crippen molar-refractivity contribution in [2.24, 2.45) is 0 Å². The fourth-order valence-corrected chi connectivity index (χ4v) is 4.50. The molecule has 0 amide bonds. The summed E-state index contributed by atoms with van der Waals surface area (Å²) in [5.74, 6) is 0. The molecule has 0 bridgehead atoms. The average Bonchev–Trinajstić information content (AvgIpc) is 2.78. The molecule has 0 saturated heterocycles. The van der Waals surface area contributed by atoms with E-state index in [2.05, 4.69) is 34.1 Å². The Labute approximate surface area is 179 Å². The summed E-state index contributed by atoms with van der Waals surface area (Å²) in [6.07, 6.45) is 0. The van der Waals surface area contributed by atoms with Crippen LogP contribution in [-0.2, 0) is 0 Å². The van der Waals surface area contributed by atoms with Crippen molar-refractivity contribution in [3.8, 4) is 11.1 Å². The van der Waals surface area contributed by atoms with E-state index < -0.39 is 0 Å². The van der Waals surface area contributed by atoms with Crippen LogP contribution < -0.4 is 5.63 Å². The van der Waals surface area contributed by atoms with Gasteiger partial charge in [-0.25, -0.2) is 9.78 Å². The molecule has 0 radical (unpaired) electrons. The molecule has 0 saturated carbocycles. The fourth-order valence-electron chi connectivity index (χ4n) is 4.24. The van der Waals surface area contributed by atoms with E-state index in [4.69, 9.17) is 9.40 Å². The van der Waals surface area contributed by atoms with Crippen LogP contribution in [0.15, 0.2) is 98.6 Å². The molecule has 30 heavy (non-hydrogen) atoms. The van der Waals surface area contributed by atoms with E-state index in [0.717, 1.165) is 42.7 Å². The summed E-state index contributed by atoms with van der Waals surface area (Å²) in [5, 5.41) is 4.48. The van der Waals surface area contributed by atoms with E-state index in [1.807, 2.05) is 66.7 Å². The van der Waals surface area contributed by atoms with Crippen molar-refractivity contribution < 1.29 is 4.42 Å². The summed E-state index contributed by atoms with van der Waals surface area (Å²) in [6.45, 7) is 0. The van der Waals surface area contributed by atoms with Gasteiger partial charge >= 0.3 is 5.63 Å². The molecule has 0 spiro atoms. The van der Waals surface area contributed by atoms with Gasteiger partial charge in [-0.1, -0.05) is 70.5 Å². The number of aromatic nitrogens is 1. The Hall–Kier alpha value is -3.50. The third kappa shape index (κ3) is 2.50. The van der Waals surface area contributed by atoms with Crippen LogP contribution in [0.1, 0.15) is 0 Å². The number of rotatable bonds is 1. The zero-order chi connectivity index (χ0) is 20.2. The second-order valence-electron chi connectivity index (χ2n) is 7.28. The number of hydrogen-bond acceptors (Lipinski definition) is 3. The minimum absolute atomic E-state index is 0.371. The lowest BCUT2D eigenvalue weighted by Crippen LogP contribution is -2.04. The monoisotopic (exact) mass is 451 g/mol. The maximum Gasteiger partial charge on any atom is 0.346 e. The molecule has 6 rings (SSSR count). The quantitative estimate of drug-likeness (QED) is 0.152. The van der Waals surface area contributed by atoms with Crippen molar-refractivity contribution >= 4 is 59.5 Å². The van der Waals surface area contributed by atoms with Gasteiger partial charge in [0.2, 0.25) is 0 Å². The highest BCUT2D eigenvalue weighted by Gasteiger charge is 2.19.